The molecule has 0 fully saturated rings. The molecule has 28 heavy (non-hydrogen) atoms. The van der Waals surface area contributed by atoms with Gasteiger partial charge in [-0.2, -0.15) is 0 Å². The largest absolute Gasteiger partial charge is 0.341 e. The van der Waals surface area contributed by atoms with Crippen molar-refractivity contribution in [1.82, 2.24) is 20.1 Å². The van der Waals surface area contributed by atoms with Gasteiger partial charge in [-0.05, 0) is 37.0 Å². The second kappa shape index (κ2) is 9.06. The van der Waals surface area contributed by atoms with Gasteiger partial charge in [-0.15, -0.1) is 5.10 Å². The molecule has 0 bridgehead atoms. The molecule has 2 aromatic carbocycles. The smallest absolute Gasteiger partial charge is 0.233 e. The molecule has 6 heteroatoms. The van der Waals surface area contributed by atoms with Gasteiger partial charge in [0.05, 0.1) is 5.75 Å². The van der Waals surface area contributed by atoms with Gasteiger partial charge in [-0.3, -0.25) is 9.89 Å². The van der Waals surface area contributed by atoms with Crippen molar-refractivity contribution in [3.05, 3.63) is 64.7 Å². The van der Waals surface area contributed by atoms with Gasteiger partial charge < -0.3 is 4.90 Å². The summed E-state index contributed by atoms with van der Waals surface area (Å²) in [7, 11) is 1.83. The number of aromatic nitrogens is 3. The quantitative estimate of drug-likeness (QED) is 0.603. The zero-order valence-electron chi connectivity index (χ0n) is 16.8. The topological polar surface area (TPSA) is 61.9 Å². The molecular formula is C22H26N4OS. The number of benzene rings is 2. The minimum atomic E-state index is 0.0589. The van der Waals surface area contributed by atoms with E-state index in [1.165, 1.54) is 34.0 Å². The maximum atomic E-state index is 12.5. The van der Waals surface area contributed by atoms with E-state index in [1.807, 2.05) is 19.2 Å². The molecule has 1 aromatic heterocycles. The van der Waals surface area contributed by atoms with E-state index in [9.17, 15) is 4.79 Å². The molecule has 146 valence electrons. The van der Waals surface area contributed by atoms with Gasteiger partial charge in [-0.25, -0.2) is 4.98 Å². The minimum absolute atomic E-state index is 0.0589. The molecule has 0 radical (unpaired) electrons. The standard InChI is InChI=1S/C22H26N4OS/c1-5-17-7-10-18(11-8-17)21-23-22(25-24-21)28-14-20(27)26(4)13-19-9-6-15(2)12-16(19)3/h6-12H,5,13-14H2,1-4H3,(H,23,24,25). The van der Waals surface area contributed by atoms with Crippen molar-refractivity contribution in [3.8, 4) is 11.4 Å². The predicted octanol–water partition coefficient (Wildman–Crippen LogP) is 4.40. The van der Waals surface area contributed by atoms with E-state index in [0.717, 1.165) is 17.8 Å². The molecule has 3 aromatic rings. The highest BCUT2D eigenvalue weighted by Crippen LogP contribution is 2.20. The molecule has 1 N–H and O–H groups in total. The third-order valence-corrected chi connectivity index (χ3v) is 5.59. The molecule has 0 aliphatic heterocycles. The third-order valence-electron chi connectivity index (χ3n) is 4.76. The zero-order valence-corrected chi connectivity index (χ0v) is 17.6. The Hall–Kier alpha value is -2.60. The Balaban J connectivity index is 1.56. The van der Waals surface area contributed by atoms with E-state index in [-0.39, 0.29) is 5.91 Å². The lowest BCUT2D eigenvalue weighted by Gasteiger charge is -2.18. The van der Waals surface area contributed by atoms with Crippen molar-refractivity contribution >= 4 is 17.7 Å². The summed E-state index contributed by atoms with van der Waals surface area (Å²) in [6.45, 7) is 6.89. The fourth-order valence-electron chi connectivity index (χ4n) is 2.94. The van der Waals surface area contributed by atoms with Crippen molar-refractivity contribution in [1.29, 1.82) is 0 Å². The van der Waals surface area contributed by atoms with E-state index in [0.29, 0.717) is 17.5 Å². The fourth-order valence-corrected chi connectivity index (χ4v) is 3.68. The van der Waals surface area contributed by atoms with Gasteiger partial charge >= 0.3 is 0 Å². The van der Waals surface area contributed by atoms with Gasteiger partial charge in [0, 0.05) is 19.2 Å². The highest BCUT2D eigenvalue weighted by molar-refractivity contribution is 7.99. The minimum Gasteiger partial charge on any atom is -0.341 e. The molecule has 0 saturated heterocycles. The summed E-state index contributed by atoms with van der Waals surface area (Å²) in [6.07, 6.45) is 1.01. The van der Waals surface area contributed by atoms with Crippen LogP contribution in [0.25, 0.3) is 11.4 Å². The Bertz CT molecular complexity index is 949. The Labute approximate surface area is 170 Å². The zero-order chi connectivity index (χ0) is 20.1. The van der Waals surface area contributed by atoms with Crippen LogP contribution in [-0.4, -0.2) is 38.8 Å². The van der Waals surface area contributed by atoms with Crippen molar-refractivity contribution in [2.75, 3.05) is 12.8 Å². The number of hydrogen-bond donors (Lipinski definition) is 1. The Morgan fingerprint density at radius 3 is 2.57 bits per heavy atom. The van der Waals surface area contributed by atoms with Gasteiger partial charge in [0.15, 0.2) is 5.82 Å². The van der Waals surface area contributed by atoms with Gasteiger partial charge in [0.1, 0.15) is 0 Å². The Kier molecular flexibility index (Phi) is 6.52. The lowest BCUT2D eigenvalue weighted by Crippen LogP contribution is -2.28. The first kappa shape index (κ1) is 20.1. The number of H-pyrrole nitrogens is 1. The van der Waals surface area contributed by atoms with Crippen LogP contribution in [-0.2, 0) is 17.8 Å². The number of aromatic amines is 1. The summed E-state index contributed by atoms with van der Waals surface area (Å²) < 4.78 is 0. The number of hydrogen-bond acceptors (Lipinski definition) is 4. The summed E-state index contributed by atoms with van der Waals surface area (Å²) in [5, 5.41) is 7.77. The number of amides is 1. The van der Waals surface area contributed by atoms with Crippen molar-refractivity contribution in [2.45, 2.75) is 38.9 Å². The first-order chi connectivity index (χ1) is 13.5. The van der Waals surface area contributed by atoms with Gasteiger partial charge in [0.25, 0.3) is 0 Å². The Morgan fingerprint density at radius 2 is 1.89 bits per heavy atom. The number of thioether (sulfide) groups is 1. The third kappa shape index (κ3) is 5.01. The molecule has 1 amide bonds. The van der Waals surface area contributed by atoms with Crippen LogP contribution in [0.4, 0.5) is 0 Å². The van der Waals surface area contributed by atoms with E-state index >= 15 is 0 Å². The maximum Gasteiger partial charge on any atom is 0.233 e. The first-order valence-corrected chi connectivity index (χ1v) is 10.4. The predicted molar refractivity (Wildman–Crippen MR) is 114 cm³/mol. The number of carbonyl (C=O) groups is 1. The molecule has 0 spiro atoms. The molecule has 3 rings (SSSR count). The molecular weight excluding hydrogens is 368 g/mol. The average molecular weight is 395 g/mol. The van der Waals surface area contributed by atoms with Crippen molar-refractivity contribution in [2.24, 2.45) is 0 Å². The Morgan fingerprint density at radius 1 is 1.14 bits per heavy atom. The number of nitrogens with zero attached hydrogens (tertiary/aromatic N) is 3. The highest BCUT2D eigenvalue weighted by atomic mass is 32.2. The summed E-state index contributed by atoms with van der Waals surface area (Å²) in [6, 6.07) is 14.6. The lowest BCUT2D eigenvalue weighted by molar-refractivity contribution is -0.127. The lowest BCUT2D eigenvalue weighted by atomic mass is 10.1. The summed E-state index contributed by atoms with van der Waals surface area (Å²) in [5.74, 6) is 1.10. The number of carbonyl (C=O) groups excluding carboxylic acids is 1. The van der Waals surface area contributed by atoms with Crippen LogP contribution in [0.5, 0.6) is 0 Å². The summed E-state index contributed by atoms with van der Waals surface area (Å²) in [4.78, 5) is 18.7. The van der Waals surface area contributed by atoms with Crippen LogP contribution in [0.2, 0.25) is 0 Å². The number of nitrogens with one attached hydrogen (secondary N) is 1. The maximum absolute atomic E-state index is 12.5. The van der Waals surface area contributed by atoms with Crippen LogP contribution in [0, 0.1) is 13.8 Å². The van der Waals surface area contributed by atoms with Crippen LogP contribution in [0.1, 0.15) is 29.2 Å². The second-order valence-electron chi connectivity index (χ2n) is 6.99. The second-order valence-corrected chi connectivity index (χ2v) is 7.93. The SMILES string of the molecule is CCc1ccc(-c2nc(SCC(=O)N(C)Cc3ccc(C)cc3C)n[nH]2)cc1. The van der Waals surface area contributed by atoms with Crippen molar-refractivity contribution in [3.63, 3.8) is 0 Å². The number of rotatable bonds is 7. The summed E-state index contributed by atoms with van der Waals surface area (Å²) in [5.41, 5.74) is 5.89. The monoisotopic (exact) mass is 394 g/mol. The normalized spacial score (nSPS) is 10.9. The highest BCUT2D eigenvalue weighted by Gasteiger charge is 2.13. The molecule has 0 atom stereocenters. The molecule has 0 unspecified atom stereocenters. The van der Waals surface area contributed by atoms with E-state index < -0.39 is 0 Å². The van der Waals surface area contributed by atoms with Crippen molar-refractivity contribution < 1.29 is 4.79 Å². The average Bonchev–Trinajstić information content (AvgIpc) is 3.17. The molecule has 0 aliphatic carbocycles. The van der Waals surface area contributed by atoms with Crippen LogP contribution in [0.3, 0.4) is 0 Å². The van der Waals surface area contributed by atoms with Gasteiger partial charge in [-0.1, -0.05) is 66.7 Å². The van der Waals surface area contributed by atoms with Gasteiger partial charge in [0.2, 0.25) is 11.1 Å². The van der Waals surface area contributed by atoms with Crippen LogP contribution < -0.4 is 0 Å². The molecule has 5 nitrogen and oxygen atoms in total. The number of aryl methyl sites for hydroxylation is 3. The molecule has 1 heterocycles. The molecule has 0 aliphatic rings. The van der Waals surface area contributed by atoms with E-state index in [1.54, 1.807) is 4.90 Å². The first-order valence-electron chi connectivity index (χ1n) is 9.41. The van der Waals surface area contributed by atoms with Crippen LogP contribution >= 0.6 is 11.8 Å². The fraction of sp³-hybridized carbons (Fsp3) is 0.318. The molecule has 0 saturated carbocycles. The van der Waals surface area contributed by atoms with E-state index in [2.05, 4.69) is 66.3 Å². The van der Waals surface area contributed by atoms with Crippen LogP contribution in [0.15, 0.2) is 47.6 Å². The van der Waals surface area contributed by atoms with E-state index in [4.69, 9.17) is 0 Å². The summed E-state index contributed by atoms with van der Waals surface area (Å²) >= 11 is 1.35.